The van der Waals surface area contributed by atoms with Crippen molar-refractivity contribution >= 4 is 0 Å². The minimum Gasteiger partial charge on any atom is -0.373 e. The fourth-order valence-electron chi connectivity index (χ4n) is 1.71. The van der Waals surface area contributed by atoms with E-state index >= 15 is 0 Å². The Kier molecular flexibility index (Phi) is 2.98. The van der Waals surface area contributed by atoms with Crippen molar-refractivity contribution in [3.63, 3.8) is 0 Å². The van der Waals surface area contributed by atoms with Crippen molar-refractivity contribution in [2.75, 3.05) is 6.54 Å². The van der Waals surface area contributed by atoms with Crippen molar-refractivity contribution in [3.8, 4) is 0 Å². The Labute approximate surface area is 70.1 Å². The summed E-state index contributed by atoms with van der Waals surface area (Å²) in [6.07, 6.45) is 5.26. The lowest BCUT2D eigenvalue weighted by Gasteiger charge is -2.28. The summed E-state index contributed by atoms with van der Waals surface area (Å²) in [5.41, 5.74) is 1.34. The van der Waals surface area contributed by atoms with Gasteiger partial charge in [-0.3, -0.25) is 0 Å². The second kappa shape index (κ2) is 3.80. The molecule has 0 spiro atoms. The number of hydrogen-bond acceptors (Lipinski definition) is 1. The normalized spacial score (nSPS) is 20.6. The summed E-state index contributed by atoms with van der Waals surface area (Å²) in [6, 6.07) is 0.639. The molecule has 0 aliphatic carbocycles. The fourth-order valence-corrected chi connectivity index (χ4v) is 1.71. The maximum absolute atomic E-state index is 4.10. The maximum Gasteiger partial charge on any atom is 0.0230 e. The monoisotopic (exact) mass is 153 g/mol. The van der Waals surface area contributed by atoms with Crippen molar-refractivity contribution in [3.05, 3.63) is 12.3 Å². The zero-order chi connectivity index (χ0) is 8.27. The molecule has 0 bridgehead atoms. The predicted octanol–water partition coefficient (Wildman–Crippen LogP) is 2.78. The summed E-state index contributed by atoms with van der Waals surface area (Å²) >= 11 is 0. The van der Waals surface area contributed by atoms with Crippen LogP contribution in [0.25, 0.3) is 0 Å². The van der Waals surface area contributed by atoms with Gasteiger partial charge in [0.2, 0.25) is 0 Å². The quantitative estimate of drug-likeness (QED) is 0.560. The van der Waals surface area contributed by atoms with Crippen molar-refractivity contribution in [1.29, 1.82) is 0 Å². The third kappa shape index (κ3) is 2.25. The van der Waals surface area contributed by atoms with Crippen LogP contribution < -0.4 is 0 Å². The summed E-state index contributed by atoms with van der Waals surface area (Å²) in [4.78, 5) is 2.44. The average Bonchev–Trinajstić information content (AvgIpc) is 2.13. The molecule has 0 amide bonds. The van der Waals surface area contributed by atoms with Crippen LogP contribution in [0.1, 0.15) is 39.5 Å². The smallest absolute Gasteiger partial charge is 0.0230 e. The minimum atomic E-state index is 0.639. The first kappa shape index (κ1) is 8.63. The highest BCUT2D eigenvalue weighted by Gasteiger charge is 2.13. The van der Waals surface area contributed by atoms with Gasteiger partial charge in [0.05, 0.1) is 0 Å². The molecule has 0 aromatic rings. The molecule has 0 aromatic heterocycles. The second-order valence-corrected chi connectivity index (χ2v) is 3.66. The predicted molar refractivity (Wildman–Crippen MR) is 49.5 cm³/mol. The lowest BCUT2D eigenvalue weighted by atomic mass is 10.2. The van der Waals surface area contributed by atoms with E-state index in [0.29, 0.717) is 6.04 Å². The van der Waals surface area contributed by atoms with E-state index in [0.717, 1.165) is 0 Å². The van der Waals surface area contributed by atoms with E-state index < -0.39 is 0 Å². The van der Waals surface area contributed by atoms with Gasteiger partial charge in [0, 0.05) is 18.3 Å². The highest BCUT2D eigenvalue weighted by Crippen LogP contribution is 2.20. The molecule has 1 aliphatic rings. The van der Waals surface area contributed by atoms with Crippen LogP contribution >= 0.6 is 0 Å². The van der Waals surface area contributed by atoms with Crippen LogP contribution in [-0.4, -0.2) is 17.5 Å². The molecular weight excluding hydrogens is 134 g/mol. The molecule has 1 heterocycles. The topological polar surface area (TPSA) is 3.24 Å². The Hall–Kier alpha value is -0.460. The van der Waals surface area contributed by atoms with Crippen LogP contribution in [0.2, 0.25) is 0 Å². The molecule has 1 fully saturated rings. The van der Waals surface area contributed by atoms with E-state index in [1.54, 1.807) is 0 Å². The van der Waals surface area contributed by atoms with Gasteiger partial charge in [0.1, 0.15) is 0 Å². The van der Waals surface area contributed by atoms with E-state index in [9.17, 15) is 0 Å². The first-order chi connectivity index (χ1) is 5.22. The van der Waals surface area contributed by atoms with Crippen LogP contribution in [0, 0.1) is 0 Å². The van der Waals surface area contributed by atoms with Gasteiger partial charge in [-0.25, -0.2) is 0 Å². The Bertz CT molecular complexity index is 138. The third-order valence-corrected chi connectivity index (χ3v) is 2.39. The first-order valence-corrected chi connectivity index (χ1v) is 4.66. The maximum atomic E-state index is 4.10. The molecule has 0 aromatic carbocycles. The van der Waals surface area contributed by atoms with Gasteiger partial charge in [0.25, 0.3) is 0 Å². The standard InChI is InChI=1S/C10H19N/c1-9(2)11-8-6-4-5-7-10(11)3/h9H,3-8H2,1-2H3. The van der Waals surface area contributed by atoms with E-state index in [-0.39, 0.29) is 0 Å². The number of likely N-dealkylation sites (tertiary alicyclic amines) is 1. The second-order valence-electron chi connectivity index (χ2n) is 3.66. The fraction of sp³-hybridized carbons (Fsp3) is 0.800. The molecule has 1 rings (SSSR count). The van der Waals surface area contributed by atoms with Crippen molar-refractivity contribution in [2.24, 2.45) is 0 Å². The first-order valence-electron chi connectivity index (χ1n) is 4.66. The van der Waals surface area contributed by atoms with Gasteiger partial charge in [-0.1, -0.05) is 13.0 Å². The SMILES string of the molecule is C=C1CCCCCN1C(C)C. The van der Waals surface area contributed by atoms with Crippen molar-refractivity contribution in [2.45, 2.75) is 45.6 Å². The number of rotatable bonds is 1. The van der Waals surface area contributed by atoms with Crippen molar-refractivity contribution in [1.82, 2.24) is 4.90 Å². The van der Waals surface area contributed by atoms with E-state index in [1.165, 1.54) is 37.9 Å². The minimum absolute atomic E-state index is 0.639. The summed E-state index contributed by atoms with van der Waals surface area (Å²) in [6.45, 7) is 9.81. The van der Waals surface area contributed by atoms with Crippen LogP contribution in [-0.2, 0) is 0 Å². The van der Waals surface area contributed by atoms with Gasteiger partial charge in [-0.15, -0.1) is 0 Å². The van der Waals surface area contributed by atoms with Crippen molar-refractivity contribution < 1.29 is 0 Å². The lowest BCUT2D eigenvalue weighted by molar-refractivity contribution is 0.285. The zero-order valence-corrected chi connectivity index (χ0v) is 7.77. The summed E-state index contributed by atoms with van der Waals surface area (Å²) in [7, 11) is 0. The molecule has 64 valence electrons. The third-order valence-electron chi connectivity index (χ3n) is 2.39. The van der Waals surface area contributed by atoms with E-state index in [2.05, 4.69) is 25.3 Å². The Balaban J connectivity index is 2.52. The van der Waals surface area contributed by atoms with Crippen LogP contribution in [0.5, 0.6) is 0 Å². The summed E-state index contributed by atoms with van der Waals surface area (Å²) in [5.74, 6) is 0. The molecule has 1 aliphatic heterocycles. The largest absolute Gasteiger partial charge is 0.373 e. The molecule has 1 heteroatoms. The van der Waals surface area contributed by atoms with Gasteiger partial charge < -0.3 is 4.90 Å². The van der Waals surface area contributed by atoms with Crippen LogP contribution in [0.15, 0.2) is 12.3 Å². The lowest BCUT2D eigenvalue weighted by Crippen LogP contribution is -2.29. The summed E-state index contributed by atoms with van der Waals surface area (Å²) in [5, 5.41) is 0. The summed E-state index contributed by atoms with van der Waals surface area (Å²) < 4.78 is 0. The molecule has 0 saturated carbocycles. The molecule has 0 atom stereocenters. The van der Waals surface area contributed by atoms with Gasteiger partial charge >= 0.3 is 0 Å². The van der Waals surface area contributed by atoms with Gasteiger partial charge in [-0.05, 0) is 33.1 Å². The highest BCUT2D eigenvalue weighted by atomic mass is 15.2. The number of allylic oxidation sites excluding steroid dienone is 1. The van der Waals surface area contributed by atoms with E-state index in [1.807, 2.05) is 0 Å². The van der Waals surface area contributed by atoms with E-state index in [4.69, 9.17) is 0 Å². The number of nitrogens with zero attached hydrogens (tertiary/aromatic N) is 1. The molecule has 0 unspecified atom stereocenters. The van der Waals surface area contributed by atoms with Crippen LogP contribution in [0.4, 0.5) is 0 Å². The molecule has 0 radical (unpaired) electrons. The molecule has 1 saturated heterocycles. The molecular formula is C10H19N. The Morgan fingerprint density at radius 2 is 2.00 bits per heavy atom. The highest BCUT2D eigenvalue weighted by molar-refractivity contribution is 4.96. The zero-order valence-electron chi connectivity index (χ0n) is 7.77. The van der Waals surface area contributed by atoms with Crippen LogP contribution in [0.3, 0.4) is 0 Å². The molecule has 11 heavy (non-hydrogen) atoms. The van der Waals surface area contributed by atoms with Gasteiger partial charge in [0.15, 0.2) is 0 Å². The Morgan fingerprint density at radius 1 is 1.27 bits per heavy atom. The average molecular weight is 153 g/mol. The molecule has 1 nitrogen and oxygen atoms in total. The molecule has 0 N–H and O–H groups in total. The van der Waals surface area contributed by atoms with Gasteiger partial charge in [-0.2, -0.15) is 0 Å². The Morgan fingerprint density at radius 3 is 2.64 bits per heavy atom. The number of hydrogen-bond donors (Lipinski definition) is 0.